The van der Waals surface area contributed by atoms with Crippen LogP contribution in [0.2, 0.25) is 0 Å². The first-order valence-electron chi connectivity index (χ1n) is 5.44. The zero-order chi connectivity index (χ0) is 14.5. The molecule has 0 aliphatic heterocycles. The Labute approximate surface area is 112 Å². The number of nitrogen functional groups attached to an aromatic ring is 1. The van der Waals surface area contributed by atoms with Crippen molar-refractivity contribution in [2.45, 2.75) is 6.61 Å². The number of anilines is 1. The van der Waals surface area contributed by atoms with E-state index in [-0.39, 0.29) is 12.4 Å². The molecule has 3 N–H and O–H groups in total. The van der Waals surface area contributed by atoms with Crippen molar-refractivity contribution >= 4 is 11.5 Å². The lowest BCUT2D eigenvalue weighted by Gasteiger charge is -2.06. The van der Waals surface area contributed by atoms with Crippen LogP contribution in [0.3, 0.4) is 0 Å². The molecule has 0 spiro atoms. The highest BCUT2D eigenvalue weighted by Gasteiger charge is 2.16. The molecule has 2 aromatic rings. The second kappa shape index (κ2) is 5.89. The first kappa shape index (κ1) is 13.6. The molecular weight excluding hydrogens is 269 g/mol. The van der Waals surface area contributed by atoms with Gasteiger partial charge in [-0.2, -0.15) is 0 Å². The predicted molar refractivity (Wildman–Crippen MR) is 67.2 cm³/mol. The molecule has 0 aliphatic carbocycles. The maximum Gasteiger partial charge on any atom is 0.313 e. The fourth-order valence-electron chi connectivity index (χ4n) is 1.41. The normalized spacial score (nSPS) is 10.1. The van der Waals surface area contributed by atoms with Crippen molar-refractivity contribution in [1.82, 2.24) is 9.97 Å². The van der Waals surface area contributed by atoms with Crippen LogP contribution in [0.1, 0.15) is 5.69 Å². The van der Waals surface area contributed by atoms with Gasteiger partial charge in [0.1, 0.15) is 12.4 Å². The molecule has 1 aromatic heterocycles. The smallest absolute Gasteiger partial charge is 0.313 e. The Morgan fingerprint density at radius 1 is 1.40 bits per heavy atom. The molecule has 0 unspecified atom stereocenters. The summed E-state index contributed by atoms with van der Waals surface area (Å²) in [6, 6.07) is 3.06. The summed E-state index contributed by atoms with van der Waals surface area (Å²) in [6.45, 7) is -0.0374. The summed E-state index contributed by atoms with van der Waals surface area (Å²) >= 11 is 0. The number of ether oxygens (including phenoxy) is 1. The van der Waals surface area contributed by atoms with Crippen molar-refractivity contribution in [1.29, 1.82) is 0 Å². The summed E-state index contributed by atoms with van der Waals surface area (Å²) in [4.78, 5) is 18.0. The average molecular weight is 279 g/mol. The van der Waals surface area contributed by atoms with Crippen LogP contribution in [0.5, 0.6) is 5.75 Å². The van der Waals surface area contributed by atoms with Crippen LogP contribution in [0.4, 0.5) is 15.9 Å². The molecule has 2 rings (SSSR count). The standard InChI is InChI=1S/C11H10FN5O3/c12-7-1-2-10(9(3-7)17(18)19)20-6-8-4-15-11(16-13)5-14-8/h1-5H,6,13H2,(H,15,16). The molecule has 104 valence electrons. The van der Waals surface area contributed by atoms with Gasteiger partial charge < -0.3 is 10.2 Å². The van der Waals surface area contributed by atoms with Crippen LogP contribution in [0, 0.1) is 15.9 Å². The van der Waals surface area contributed by atoms with Crippen molar-refractivity contribution in [3.05, 3.63) is 52.2 Å². The molecule has 0 fully saturated rings. The summed E-state index contributed by atoms with van der Waals surface area (Å²) in [7, 11) is 0. The number of rotatable bonds is 5. The molecule has 0 radical (unpaired) electrons. The van der Waals surface area contributed by atoms with E-state index in [1.165, 1.54) is 18.5 Å². The van der Waals surface area contributed by atoms with Crippen LogP contribution in [0.15, 0.2) is 30.6 Å². The Morgan fingerprint density at radius 3 is 2.80 bits per heavy atom. The second-order valence-electron chi connectivity index (χ2n) is 3.70. The highest BCUT2D eigenvalue weighted by Crippen LogP contribution is 2.27. The molecule has 0 aliphatic rings. The number of nitro groups is 1. The summed E-state index contributed by atoms with van der Waals surface area (Å²) in [5, 5.41) is 10.8. The number of aromatic nitrogens is 2. The Bertz CT molecular complexity index is 620. The topological polar surface area (TPSA) is 116 Å². The molecule has 0 atom stereocenters. The van der Waals surface area contributed by atoms with Gasteiger partial charge in [-0.05, 0) is 12.1 Å². The highest BCUT2D eigenvalue weighted by atomic mass is 19.1. The van der Waals surface area contributed by atoms with E-state index >= 15 is 0 Å². The van der Waals surface area contributed by atoms with E-state index < -0.39 is 16.4 Å². The molecule has 1 aromatic carbocycles. The van der Waals surface area contributed by atoms with Gasteiger partial charge in [0.15, 0.2) is 11.6 Å². The summed E-state index contributed by atoms with van der Waals surface area (Å²) in [6.07, 6.45) is 2.79. The number of nitrogens with two attached hydrogens (primary N) is 1. The van der Waals surface area contributed by atoms with Crippen molar-refractivity contribution < 1.29 is 14.1 Å². The van der Waals surface area contributed by atoms with E-state index in [2.05, 4.69) is 15.4 Å². The molecule has 9 heteroatoms. The van der Waals surface area contributed by atoms with Gasteiger partial charge in [-0.15, -0.1) is 0 Å². The number of halogens is 1. The number of hydrazine groups is 1. The van der Waals surface area contributed by atoms with Gasteiger partial charge in [-0.3, -0.25) is 15.1 Å². The second-order valence-corrected chi connectivity index (χ2v) is 3.70. The van der Waals surface area contributed by atoms with E-state index in [9.17, 15) is 14.5 Å². The lowest BCUT2D eigenvalue weighted by atomic mass is 10.3. The molecule has 0 amide bonds. The number of nitrogens with zero attached hydrogens (tertiary/aromatic N) is 3. The van der Waals surface area contributed by atoms with Gasteiger partial charge in [0.05, 0.1) is 29.1 Å². The molecule has 0 bridgehead atoms. The largest absolute Gasteiger partial charge is 0.480 e. The Morgan fingerprint density at radius 2 is 2.20 bits per heavy atom. The minimum atomic E-state index is -0.717. The highest BCUT2D eigenvalue weighted by molar-refractivity contribution is 5.46. The van der Waals surface area contributed by atoms with Gasteiger partial charge in [0.25, 0.3) is 0 Å². The van der Waals surface area contributed by atoms with Gasteiger partial charge >= 0.3 is 5.69 Å². The SMILES string of the molecule is NNc1cnc(COc2ccc(F)cc2[N+](=O)[O-])cn1. The Kier molecular flexibility index (Phi) is 4.01. The minimum Gasteiger partial charge on any atom is -0.480 e. The third kappa shape index (κ3) is 3.14. The van der Waals surface area contributed by atoms with Crippen LogP contribution in [-0.4, -0.2) is 14.9 Å². The lowest BCUT2D eigenvalue weighted by molar-refractivity contribution is -0.386. The molecule has 20 heavy (non-hydrogen) atoms. The van der Waals surface area contributed by atoms with E-state index in [1.54, 1.807) is 0 Å². The Hall–Kier alpha value is -2.81. The molecule has 8 nitrogen and oxygen atoms in total. The van der Waals surface area contributed by atoms with E-state index in [0.717, 1.165) is 12.1 Å². The maximum absolute atomic E-state index is 13.0. The number of hydrogen-bond donors (Lipinski definition) is 2. The first-order valence-corrected chi connectivity index (χ1v) is 5.44. The van der Waals surface area contributed by atoms with Crippen LogP contribution >= 0.6 is 0 Å². The van der Waals surface area contributed by atoms with Gasteiger partial charge in [0.2, 0.25) is 0 Å². The number of nitro benzene ring substituents is 1. The zero-order valence-electron chi connectivity index (χ0n) is 10.1. The summed E-state index contributed by atoms with van der Waals surface area (Å²) in [5.41, 5.74) is 2.31. The van der Waals surface area contributed by atoms with Crippen molar-refractivity contribution in [2.75, 3.05) is 5.43 Å². The van der Waals surface area contributed by atoms with Gasteiger partial charge in [-0.1, -0.05) is 0 Å². The van der Waals surface area contributed by atoms with E-state index in [0.29, 0.717) is 11.5 Å². The predicted octanol–water partition coefficient (Wildman–Crippen LogP) is 1.39. The number of benzene rings is 1. The van der Waals surface area contributed by atoms with Crippen molar-refractivity contribution in [2.24, 2.45) is 5.84 Å². The quantitative estimate of drug-likeness (QED) is 0.482. The Balaban J connectivity index is 2.12. The third-order valence-electron chi connectivity index (χ3n) is 2.35. The van der Waals surface area contributed by atoms with Crippen LogP contribution in [0.25, 0.3) is 0 Å². The molecule has 0 saturated carbocycles. The molecular formula is C11H10FN5O3. The third-order valence-corrected chi connectivity index (χ3v) is 2.35. The van der Waals surface area contributed by atoms with E-state index in [1.807, 2.05) is 0 Å². The molecule has 1 heterocycles. The summed E-state index contributed by atoms with van der Waals surface area (Å²) in [5.74, 6) is 4.77. The van der Waals surface area contributed by atoms with Crippen molar-refractivity contribution in [3.8, 4) is 5.75 Å². The zero-order valence-corrected chi connectivity index (χ0v) is 10.1. The lowest BCUT2D eigenvalue weighted by Crippen LogP contribution is -2.09. The fraction of sp³-hybridized carbons (Fsp3) is 0.0909. The van der Waals surface area contributed by atoms with Crippen molar-refractivity contribution in [3.63, 3.8) is 0 Å². The minimum absolute atomic E-state index is 0.0374. The van der Waals surface area contributed by atoms with Gasteiger partial charge in [-0.25, -0.2) is 15.2 Å². The average Bonchev–Trinajstić information content (AvgIpc) is 2.46. The summed E-state index contributed by atoms with van der Waals surface area (Å²) < 4.78 is 18.2. The first-order chi connectivity index (χ1) is 9.60. The van der Waals surface area contributed by atoms with Gasteiger partial charge in [0, 0.05) is 0 Å². The number of hydrogen-bond acceptors (Lipinski definition) is 7. The monoisotopic (exact) mass is 279 g/mol. The van der Waals surface area contributed by atoms with Crippen LogP contribution in [-0.2, 0) is 6.61 Å². The number of nitrogens with one attached hydrogen (secondary N) is 1. The van der Waals surface area contributed by atoms with Crippen LogP contribution < -0.4 is 16.0 Å². The maximum atomic E-state index is 13.0. The fourth-order valence-corrected chi connectivity index (χ4v) is 1.41. The van der Waals surface area contributed by atoms with E-state index in [4.69, 9.17) is 10.6 Å². The molecule has 0 saturated heterocycles.